The third kappa shape index (κ3) is 5.85. The second-order valence-corrected chi connectivity index (χ2v) is 10.6. The molecule has 1 aliphatic rings. The van der Waals surface area contributed by atoms with E-state index in [2.05, 4.69) is 56.3 Å². The number of hydrogen-bond acceptors (Lipinski definition) is 3. The van der Waals surface area contributed by atoms with Gasteiger partial charge in [0.15, 0.2) is 5.78 Å². The van der Waals surface area contributed by atoms with Crippen molar-refractivity contribution in [1.82, 2.24) is 4.98 Å². The van der Waals surface area contributed by atoms with E-state index < -0.39 is 5.41 Å². The first-order valence-electron chi connectivity index (χ1n) is 14.1. The van der Waals surface area contributed by atoms with Gasteiger partial charge in [-0.1, -0.05) is 94.1 Å². The Balaban J connectivity index is 1.90. The van der Waals surface area contributed by atoms with Crippen molar-refractivity contribution in [3.8, 4) is 17.2 Å². The first-order valence-corrected chi connectivity index (χ1v) is 14.1. The maximum atomic E-state index is 12.0. The molecule has 0 saturated heterocycles. The molecule has 0 radical (unpaired) electrons. The number of carbonyl (C=O) groups excluding carboxylic acids is 1. The number of fused-ring (bicyclic) bond motifs is 1. The molecule has 1 aliphatic carbocycles. The molecule has 1 aromatic heterocycles. The van der Waals surface area contributed by atoms with Gasteiger partial charge in [-0.05, 0) is 79.7 Å². The number of unbranched alkanes of at least 4 members (excludes halogenated alkanes) is 4. The van der Waals surface area contributed by atoms with Crippen LogP contribution in [0.3, 0.4) is 0 Å². The molecule has 3 aromatic rings. The van der Waals surface area contributed by atoms with Gasteiger partial charge < -0.3 is 0 Å². The summed E-state index contributed by atoms with van der Waals surface area (Å²) < 4.78 is 0. The fourth-order valence-electron chi connectivity index (χ4n) is 5.87. The summed E-state index contributed by atoms with van der Waals surface area (Å²) in [7, 11) is 0. The van der Waals surface area contributed by atoms with E-state index in [-0.39, 0.29) is 5.78 Å². The predicted molar refractivity (Wildman–Crippen MR) is 152 cm³/mol. The van der Waals surface area contributed by atoms with E-state index in [9.17, 15) is 10.1 Å². The maximum absolute atomic E-state index is 12.0. The first kappa shape index (κ1) is 26.8. The Kier molecular flexibility index (Phi) is 8.93. The van der Waals surface area contributed by atoms with Crippen molar-refractivity contribution in [3.05, 3.63) is 88.2 Å². The van der Waals surface area contributed by atoms with Gasteiger partial charge in [0.25, 0.3) is 0 Å². The van der Waals surface area contributed by atoms with Crippen molar-refractivity contribution in [2.75, 3.05) is 0 Å². The molecule has 4 rings (SSSR count). The standard InChI is InChI=1S/C34H40N2O/c1-4-6-9-15-29-31(16-10-7-5-2)36-33-30(32(29)28-19-17-27(18-20-28)25(3)37)21-22-34(33,24-35)23-26-13-11-8-12-14-26/h8,11-14,17-20H,4-7,9-10,15-16,21-23H2,1-3H3/t34-/m0/s1. The molecule has 0 aliphatic heterocycles. The van der Waals surface area contributed by atoms with Crippen LogP contribution in [0.4, 0.5) is 0 Å². The first-order chi connectivity index (χ1) is 18.0. The van der Waals surface area contributed by atoms with Gasteiger partial charge in [0, 0.05) is 11.3 Å². The monoisotopic (exact) mass is 492 g/mol. The third-order valence-corrected chi connectivity index (χ3v) is 7.93. The Hall–Kier alpha value is -3.25. The van der Waals surface area contributed by atoms with E-state index in [1.165, 1.54) is 53.6 Å². The van der Waals surface area contributed by atoms with Gasteiger partial charge in [0.2, 0.25) is 0 Å². The molecular weight excluding hydrogens is 452 g/mol. The molecule has 3 heteroatoms. The molecule has 2 aromatic carbocycles. The lowest BCUT2D eigenvalue weighted by Crippen LogP contribution is -2.26. The van der Waals surface area contributed by atoms with Gasteiger partial charge in [-0.15, -0.1) is 0 Å². The average molecular weight is 493 g/mol. The molecule has 0 unspecified atom stereocenters. The Morgan fingerprint density at radius 1 is 0.946 bits per heavy atom. The minimum Gasteiger partial charge on any atom is -0.295 e. The average Bonchev–Trinajstić information content (AvgIpc) is 3.27. The van der Waals surface area contributed by atoms with E-state index in [0.29, 0.717) is 6.42 Å². The number of aromatic nitrogens is 1. The van der Waals surface area contributed by atoms with Crippen molar-refractivity contribution >= 4 is 5.78 Å². The minimum absolute atomic E-state index is 0.0845. The Bertz CT molecular complexity index is 1250. The summed E-state index contributed by atoms with van der Waals surface area (Å²) >= 11 is 0. The number of aryl methyl sites for hydroxylation is 1. The van der Waals surface area contributed by atoms with Crippen LogP contribution < -0.4 is 0 Å². The number of pyridine rings is 1. The smallest absolute Gasteiger partial charge is 0.159 e. The third-order valence-electron chi connectivity index (χ3n) is 7.93. The highest BCUT2D eigenvalue weighted by atomic mass is 16.1. The predicted octanol–water partition coefficient (Wildman–Crippen LogP) is 8.37. The molecule has 0 spiro atoms. The lowest BCUT2D eigenvalue weighted by atomic mass is 9.79. The van der Waals surface area contributed by atoms with Gasteiger partial charge >= 0.3 is 0 Å². The molecule has 0 amide bonds. The second kappa shape index (κ2) is 12.3. The van der Waals surface area contributed by atoms with Crippen LogP contribution in [0.1, 0.15) is 104 Å². The van der Waals surface area contributed by atoms with Gasteiger partial charge in [0.1, 0.15) is 5.41 Å². The molecule has 192 valence electrons. The van der Waals surface area contributed by atoms with Gasteiger partial charge in [-0.3, -0.25) is 9.78 Å². The number of hydrogen-bond donors (Lipinski definition) is 0. The van der Waals surface area contributed by atoms with Crippen LogP contribution in [0, 0.1) is 11.3 Å². The van der Waals surface area contributed by atoms with E-state index in [4.69, 9.17) is 4.98 Å². The fraction of sp³-hybridized carbons (Fsp3) is 0.441. The number of rotatable bonds is 12. The summed E-state index contributed by atoms with van der Waals surface area (Å²) in [6, 6.07) is 21.2. The van der Waals surface area contributed by atoms with Crippen LogP contribution in [-0.4, -0.2) is 10.8 Å². The van der Waals surface area contributed by atoms with Crippen molar-refractivity contribution in [2.24, 2.45) is 0 Å². The molecular formula is C34H40N2O. The minimum atomic E-state index is -0.605. The van der Waals surface area contributed by atoms with E-state index in [1.807, 2.05) is 18.2 Å². The number of ketones is 1. The van der Waals surface area contributed by atoms with Crippen molar-refractivity contribution in [2.45, 2.75) is 96.8 Å². The summed E-state index contributed by atoms with van der Waals surface area (Å²) in [6.45, 7) is 6.10. The molecule has 1 atom stereocenters. The number of carbonyl (C=O) groups is 1. The van der Waals surface area contributed by atoms with Crippen LogP contribution in [0.5, 0.6) is 0 Å². The number of benzene rings is 2. The molecule has 0 fully saturated rings. The van der Waals surface area contributed by atoms with Gasteiger partial charge in [0.05, 0.1) is 11.8 Å². The fourth-order valence-corrected chi connectivity index (χ4v) is 5.87. The molecule has 3 nitrogen and oxygen atoms in total. The topological polar surface area (TPSA) is 53.8 Å². The number of nitrogens with zero attached hydrogens (tertiary/aromatic N) is 2. The van der Waals surface area contributed by atoms with Gasteiger partial charge in [-0.2, -0.15) is 5.26 Å². The molecule has 0 saturated carbocycles. The van der Waals surface area contributed by atoms with E-state index in [1.54, 1.807) is 6.92 Å². The van der Waals surface area contributed by atoms with Crippen LogP contribution in [-0.2, 0) is 31.1 Å². The highest BCUT2D eigenvalue weighted by Crippen LogP contribution is 2.46. The molecule has 0 bridgehead atoms. The van der Waals surface area contributed by atoms with E-state index in [0.717, 1.165) is 55.3 Å². The summed E-state index contributed by atoms with van der Waals surface area (Å²) in [4.78, 5) is 17.4. The lowest BCUT2D eigenvalue weighted by Gasteiger charge is -2.25. The zero-order valence-corrected chi connectivity index (χ0v) is 22.8. The summed E-state index contributed by atoms with van der Waals surface area (Å²) in [5, 5.41) is 10.6. The normalized spacial score (nSPS) is 16.4. The summed E-state index contributed by atoms with van der Waals surface area (Å²) in [5.41, 5.74) is 8.55. The zero-order valence-electron chi connectivity index (χ0n) is 22.8. The highest BCUT2D eigenvalue weighted by molar-refractivity contribution is 5.94. The van der Waals surface area contributed by atoms with E-state index >= 15 is 0 Å². The quantitative estimate of drug-likeness (QED) is 0.188. The Morgan fingerprint density at radius 3 is 2.24 bits per heavy atom. The van der Waals surface area contributed by atoms with Crippen molar-refractivity contribution in [1.29, 1.82) is 5.26 Å². The highest BCUT2D eigenvalue weighted by Gasteiger charge is 2.43. The maximum Gasteiger partial charge on any atom is 0.159 e. The number of Topliss-reactive ketones (excluding diaryl/α,β-unsaturated/α-hetero) is 1. The number of nitriles is 1. The Labute approximate surface area is 223 Å². The van der Waals surface area contributed by atoms with Crippen LogP contribution in [0.2, 0.25) is 0 Å². The van der Waals surface area contributed by atoms with Crippen LogP contribution in [0.15, 0.2) is 54.6 Å². The summed E-state index contributed by atoms with van der Waals surface area (Å²) in [6.07, 6.45) is 11.3. The van der Waals surface area contributed by atoms with Crippen LogP contribution in [0.25, 0.3) is 11.1 Å². The zero-order chi connectivity index (χ0) is 26.3. The Morgan fingerprint density at radius 2 is 1.62 bits per heavy atom. The lowest BCUT2D eigenvalue weighted by molar-refractivity contribution is 0.101. The SMILES string of the molecule is CCCCCc1nc2c(c(-c3ccc(C(C)=O)cc3)c1CCCCC)CC[C@@]2(C#N)Cc1ccccc1. The van der Waals surface area contributed by atoms with Gasteiger partial charge in [-0.25, -0.2) is 0 Å². The largest absolute Gasteiger partial charge is 0.295 e. The summed E-state index contributed by atoms with van der Waals surface area (Å²) in [5.74, 6) is 0.0845. The van der Waals surface area contributed by atoms with Crippen LogP contribution >= 0.6 is 0 Å². The molecule has 37 heavy (non-hydrogen) atoms. The van der Waals surface area contributed by atoms with Crippen molar-refractivity contribution < 1.29 is 4.79 Å². The molecule has 1 heterocycles. The molecule has 0 N–H and O–H groups in total. The van der Waals surface area contributed by atoms with Crippen molar-refractivity contribution in [3.63, 3.8) is 0 Å². The second-order valence-electron chi connectivity index (χ2n) is 10.6.